The summed E-state index contributed by atoms with van der Waals surface area (Å²) in [7, 11) is -8.39. The number of alkyl halides is 2. The number of hydrogen-bond acceptors (Lipinski definition) is 5. The Kier molecular flexibility index (Phi) is 9.14. The lowest BCUT2D eigenvalue weighted by molar-refractivity contribution is 0.102. The van der Waals surface area contributed by atoms with Crippen molar-refractivity contribution in [1.29, 1.82) is 0 Å². The van der Waals surface area contributed by atoms with Crippen LogP contribution in [0.25, 0.3) is 0 Å². The van der Waals surface area contributed by atoms with E-state index in [2.05, 4.69) is 12.2 Å². The van der Waals surface area contributed by atoms with E-state index in [1.807, 2.05) is 0 Å². The molecule has 0 aliphatic heterocycles. The van der Waals surface area contributed by atoms with Gasteiger partial charge in [0.2, 0.25) is 0 Å². The zero-order valence-corrected chi connectivity index (χ0v) is 19.2. The third-order valence-electron chi connectivity index (χ3n) is 4.65. The number of rotatable bonds is 12. The highest BCUT2D eigenvalue weighted by atomic mass is 32.2. The Balaban J connectivity index is 2.08. The molecular weight excluding hydrogens is 462 g/mol. The molecule has 0 spiro atoms. The topological polar surface area (TPSA) is 109 Å². The van der Waals surface area contributed by atoms with Gasteiger partial charge in [-0.15, -0.1) is 0 Å². The lowest BCUT2D eigenvalue weighted by Crippen LogP contribution is -2.23. The summed E-state index contributed by atoms with van der Waals surface area (Å²) in [4.78, 5) is 12.7. The molecule has 7 nitrogen and oxygen atoms in total. The Hall–Kier alpha value is -2.53. The first kappa shape index (κ1) is 25.7. The van der Waals surface area contributed by atoms with E-state index in [0.717, 1.165) is 25.7 Å². The fraction of sp³-hybridized carbons (Fsp3) is 0.381. The maximum Gasteiger partial charge on any atom is 0.355 e. The molecule has 32 heavy (non-hydrogen) atoms. The van der Waals surface area contributed by atoms with Gasteiger partial charge in [-0.2, -0.15) is 8.78 Å². The number of para-hydroxylation sites is 1. The summed E-state index contributed by atoms with van der Waals surface area (Å²) in [6.45, 7) is 2.08. The van der Waals surface area contributed by atoms with Crippen molar-refractivity contribution >= 4 is 37.1 Å². The van der Waals surface area contributed by atoms with Crippen molar-refractivity contribution in [2.75, 3.05) is 15.8 Å². The van der Waals surface area contributed by atoms with E-state index < -0.39 is 31.5 Å². The van der Waals surface area contributed by atoms with Crippen LogP contribution in [0.1, 0.15) is 49.4 Å². The first-order valence-electron chi connectivity index (χ1n) is 10.1. The molecule has 1 amide bonds. The normalized spacial score (nSPS) is 12.0. The highest BCUT2D eigenvalue weighted by Gasteiger charge is 2.25. The second kappa shape index (κ2) is 11.4. The van der Waals surface area contributed by atoms with Gasteiger partial charge >= 0.3 is 5.76 Å². The number of hydrogen-bond donors (Lipinski definition) is 2. The molecule has 0 fully saturated rings. The molecule has 2 aromatic rings. The van der Waals surface area contributed by atoms with E-state index in [4.69, 9.17) is 0 Å². The van der Waals surface area contributed by atoms with Crippen molar-refractivity contribution in [2.24, 2.45) is 0 Å². The van der Waals surface area contributed by atoms with Crippen LogP contribution < -0.4 is 10.0 Å². The molecule has 0 radical (unpaired) electrons. The SMILES string of the molecule is CCCCCCCS(=O)(=O)c1ccc(NC(=O)c2ccccc2NS(=O)(=O)C(F)F)cc1. The second-order valence-corrected chi connectivity index (χ2v) is 10.9. The Morgan fingerprint density at radius 2 is 1.53 bits per heavy atom. The number of carbonyl (C=O) groups excluding carboxylic acids is 1. The smallest absolute Gasteiger partial charge is 0.322 e. The van der Waals surface area contributed by atoms with Crippen molar-refractivity contribution in [2.45, 2.75) is 49.7 Å². The summed E-state index contributed by atoms with van der Waals surface area (Å²) in [6, 6.07) is 10.9. The number of sulfone groups is 1. The minimum Gasteiger partial charge on any atom is -0.322 e. The van der Waals surface area contributed by atoms with E-state index in [9.17, 15) is 30.4 Å². The predicted octanol–water partition coefficient (Wildman–Crippen LogP) is 4.65. The highest BCUT2D eigenvalue weighted by Crippen LogP contribution is 2.22. The van der Waals surface area contributed by atoms with Crippen LogP contribution in [0.5, 0.6) is 0 Å². The van der Waals surface area contributed by atoms with Gasteiger partial charge in [0, 0.05) is 5.69 Å². The van der Waals surface area contributed by atoms with E-state index in [1.54, 1.807) is 4.72 Å². The summed E-state index contributed by atoms with van der Waals surface area (Å²) < 4.78 is 74.7. The molecule has 2 rings (SSSR count). The van der Waals surface area contributed by atoms with Gasteiger partial charge in [0.25, 0.3) is 15.9 Å². The Morgan fingerprint density at radius 3 is 2.16 bits per heavy atom. The number of amides is 1. The molecule has 0 bridgehead atoms. The number of sulfonamides is 1. The van der Waals surface area contributed by atoms with Crippen LogP contribution in [0.15, 0.2) is 53.4 Å². The zero-order chi connectivity index (χ0) is 23.8. The molecule has 0 aromatic heterocycles. The van der Waals surface area contributed by atoms with Crippen LogP contribution in [0.4, 0.5) is 20.2 Å². The third-order valence-corrected chi connectivity index (χ3v) is 7.44. The molecule has 2 aromatic carbocycles. The van der Waals surface area contributed by atoms with Gasteiger partial charge in [-0.25, -0.2) is 16.8 Å². The minimum absolute atomic E-state index is 0.0417. The van der Waals surface area contributed by atoms with Crippen LogP contribution in [-0.2, 0) is 19.9 Å². The minimum atomic E-state index is -4.95. The largest absolute Gasteiger partial charge is 0.355 e. The van der Waals surface area contributed by atoms with Gasteiger partial charge in [0.05, 0.1) is 21.9 Å². The second-order valence-electron chi connectivity index (χ2n) is 7.16. The lowest BCUT2D eigenvalue weighted by atomic mass is 10.1. The summed E-state index contributed by atoms with van der Waals surface area (Å²) >= 11 is 0. The molecule has 0 saturated carbocycles. The molecule has 0 atom stereocenters. The molecule has 0 saturated heterocycles. The lowest BCUT2D eigenvalue weighted by Gasteiger charge is -2.12. The first-order chi connectivity index (χ1) is 15.1. The molecule has 0 aliphatic rings. The molecule has 11 heteroatoms. The van der Waals surface area contributed by atoms with Gasteiger partial charge in [-0.3, -0.25) is 9.52 Å². The molecule has 176 valence electrons. The van der Waals surface area contributed by atoms with Crippen molar-refractivity contribution in [3.05, 3.63) is 54.1 Å². The standard InChI is InChI=1S/C21H26F2N2O5S2/c1-2-3-4-5-8-15-31(27,28)17-13-11-16(12-14-17)24-20(26)18-9-6-7-10-19(18)25-32(29,30)21(22)23/h6-7,9-14,21,25H,2-5,8,15H2,1H3,(H,24,26). The fourth-order valence-electron chi connectivity index (χ4n) is 2.93. The summed E-state index contributed by atoms with van der Waals surface area (Å²) in [5.74, 6) is -4.36. The van der Waals surface area contributed by atoms with Crippen molar-refractivity contribution in [1.82, 2.24) is 0 Å². The molecular formula is C21H26F2N2O5S2. The van der Waals surface area contributed by atoms with Crippen molar-refractivity contribution in [3.8, 4) is 0 Å². The molecule has 2 N–H and O–H groups in total. The van der Waals surface area contributed by atoms with Crippen molar-refractivity contribution in [3.63, 3.8) is 0 Å². The Labute approximate surface area is 187 Å². The van der Waals surface area contributed by atoms with Crippen LogP contribution in [0, 0.1) is 0 Å². The van der Waals surface area contributed by atoms with E-state index in [0.29, 0.717) is 6.42 Å². The monoisotopic (exact) mass is 488 g/mol. The number of benzene rings is 2. The fourth-order valence-corrected chi connectivity index (χ4v) is 4.87. The van der Waals surface area contributed by atoms with Crippen LogP contribution in [0.3, 0.4) is 0 Å². The van der Waals surface area contributed by atoms with Gasteiger partial charge in [0.15, 0.2) is 9.84 Å². The van der Waals surface area contributed by atoms with E-state index in [-0.39, 0.29) is 27.6 Å². The molecule has 0 heterocycles. The van der Waals surface area contributed by atoms with Crippen LogP contribution in [-0.4, -0.2) is 34.3 Å². The van der Waals surface area contributed by atoms with Gasteiger partial charge in [0.1, 0.15) is 0 Å². The first-order valence-corrected chi connectivity index (χ1v) is 13.3. The molecule has 0 unspecified atom stereocenters. The quantitative estimate of drug-likeness (QED) is 0.423. The highest BCUT2D eigenvalue weighted by molar-refractivity contribution is 7.93. The number of carbonyl (C=O) groups is 1. The average molecular weight is 489 g/mol. The maximum atomic E-state index is 12.6. The van der Waals surface area contributed by atoms with Gasteiger partial charge < -0.3 is 5.32 Å². The van der Waals surface area contributed by atoms with Gasteiger partial charge in [-0.05, 0) is 42.8 Å². The van der Waals surface area contributed by atoms with Crippen molar-refractivity contribution < 1.29 is 30.4 Å². The number of halogens is 2. The van der Waals surface area contributed by atoms with Crippen LogP contribution >= 0.6 is 0 Å². The number of nitrogens with one attached hydrogen (secondary N) is 2. The summed E-state index contributed by atoms with van der Waals surface area (Å²) in [5, 5.41) is 2.50. The third kappa shape index (κ3) is 7.27. The maximum absolute atomic E-state index is 12.6. The Morgan fingerprint density at radius 1 is 0.906 bits per heavy atom. The van der Waals surface area contributed by atoms with Crippen LogP contribution in [0.2, 0.25) is 0 Å². The van der Waals surface area contributed by atoms with Gasteiger partial charge in [-0.1, -0.05) is 44.7 Å². The number of unbranched alkanes of at least 4 members (excludes halogenated alkanes) is 4. The predicted molar refractivity (Wildman–Crippen MR) is 120 cm³/mol. The summed E-state index contributed by atoms with van der Waals surface area (Å²) in [5.41, 5.74) is -0.198. The Bertz CT molecular complexity index is 1120. The average Bonchev–Trinajstić information content (AvgIpc) is 2.74. The van der Waals surface area contributed by atoms with E-state index in [1.165, 1.54) is 48.5 Å². The number of anilines is 2. The molecule has 0 aliphatic carbocycles. The zero-order valence-electron chi connectivity index (χ0n) is 17.6. The summed E-state index contributed by atoms with van der Waals surface area (Å²) in [6.07, 6.45) is 4.55. The van der Waals surface area contributed by atoms with E-state index >= 15 is 0 Å².